The lowest BCUT2D eigenvalue weighted by Gasteiger charge is -2.12. The second-order valence-corrected chi connectivity index (χ2v) is 3.63. The zero-order valence-electron chi connectivity index (χ0n) is 8.32. The van der Waals surface area contributed by atoms with E-state index < -0.39 is 0 Å². The van der Waals surface area contributed by atoms with Gasteiger partial charge in [0.1, 0.15) is 11.6 Å². The first-order valence-corrected chi connectivity index (χ1v) is 4.64. The fourth-order valence-corrected chi connectivity index (χ4v) is 1.69. The maximum Gasteiger partial charge on any atom is 0.229 e. The first kappa shape index (κ1) is 9.68. The Kier molecular flexibility index (Phi) is 2.17. The summed E-state index contributed by atoms with van der Waals surface area (Å²) in [7, 11) is 0. The van der Waals surface area contributed by atoms with Gasteiger partial charge in [0.15, 0.2) is 5.82 Å². The quantitative estimate of drug-likeness (QED) is 0.654. The summed E-state index contributed by atoms with van der Waals surface area (Å²) in [6, 6.07) is 1.86. The Morgan fingerprint density at radius 2 is 2.47 bits per heavy atom. The Hall–Kier alpha value is -1.87. The summed E-state index contributed by atoms with van der Waals surface area (Å²) in [5.74, 6) is 0.318. The number of aromatic nitrogens is 2. The maximum atomic E-state index is 11.5. The van der Waals surface area contributed by atoms with Crippen LogP contribution in [0.5, 0.6) is 0 Å². The number of nitrogens with one attached hydrogen (secondary N) is 1. The van der Waals surface area contributed by atoms with Crippen molar-refractivity contribution in [3.63, 3.8) is 0 Å². The van der Waals surface area contributed by atoms with Gasteiger partial charge in [0.25, 0.3) is 0 Å². The van der Waals surface area contributed by atoms with Crippen molar-refractivity contribution >= 4 is 11.7 Å². The summed E-state index contributed by atoms with van der Waals surface area (Å²) < 4.78 is 0. The summed E-state index contributed by atoms with van der Waals surface area (Å²) in [6.45, 7) is 2.17. The highest BCUT2D eigenvalue weighted by Crippen LogP contribution is 2.23. The Morgan fingerprint density at radius 1 is 1.73 bits per heavy atom. The molecule has 0 radical (unpaired) electrons. The van der Waals surface area contributed by atoms with Gasteiger partial charge in [-0.1, -0.05) is 0 Å². The molecule has 1 amide bonds. The van der Waals surface area contributed by atoms with Gasteiger partial charge in [-0.3, -0.25) is 14.8 Å². The minimum absolute atomic E-state index is 0.0782. The minimum atomic E-state index is -0.166. The number of nitrogens with zero attached hydrogens (tertiary/aromatic N) is 3. The van der Waals surface area contributed by atoms with Gasteiger partial charge in [-0.05, 0) is 6.92 Å². The first-order valence-electron chi connectivity index (χ1n) is 4.64. The third-order valence-electron chi connectivity index (χ3n) is 2.45. The summed E-state index contributed by atoms with van der Waals surface area (Å²) >= 11 is 0. The van der Waals surface area contributed by atoms with Crippen LogP contribution in [0.25, 0.3) is 0 Å². The molecule has 1 aromatic heterocycles. The van der Waals surface area contributed by atoms with Gasteiger partial charge in [-0.25, -0.2) is 0 Å². The molecule has 2 heterocycles. The van der Waals surface area contributed by atoms with E-state index in [0.717, 1.165) is 0 Å². The van der Waals surface area contributed by atoms with E-state index in [2.05, 4.69) is 10.2 Å². The number of aryl methyl sites for hydroxylation is 1. The van der Waals surface area contributed by atoms with Crippen molar-refractivity contribution in [1.29, 1.82) is 5.26 Å². The van der Waals surface area contributed by atoms with Crippen molar-refractivity contribution in [3.8, 4) is 6.07 Å². The highest BCUT2D eigenvalue weighted by Gasteiger charge is 2.31. The topological polar surface area (TPSA) is 98.8 Å². The van der Waals surface area contributed by atoms with Crippen LogP contribution >= 0.6 is 0 Å². The number of rotatable bonds is 1. The minimum Gasteiger partial charge on any atom is -0.326 e. The number of aromatic amines is 1. The molecule has 0 spiro atoms. The predicted molar refractivity (Wildman–Crippen MR) is 53.0 cm³/mol. The molecule has 1 aromatic rings. The zero-order chi connectivity index (χ0) is 11.0. The van der Waals surface area contributed by atoms with Gasteiger partial charge >= 0.3 is 0 Å². The number of nitriles is 1. The first-order chi connectivity index (χ1) is 7.13. The standard InChI is InChI=1S/C9H11N5O/c1-5-7(3-10)9(13-12-5)14-4-6(11)2-8(14)15/h6H,2,4,11H2,1H3,(H,12,13). The fraction of sp³-hybridized carbons (Fsp3) is 0.444. The molecule has 6 heteroatoms. The predicted octanol–water partition coefficient (Wildman–Crippen LogP) is -0.346. The average Bonchev–Trinajstić information content (AvgIpc) is 2.69. The summed E-state index contributed by atoms with van der Waals surface area (Å²) in [5, 5.41) is 15.6. The highest BCUT2D eigenvalue weighted by molar-refractivity contribution is 5.96. The van der Waals surface area contributed by atoms with E-state index in [1.54, 1.807) is 6.92 Å². The number of carbonyl (C=O) groups excluding carboxylic acids is 1. The zero-order valence-corrected chi connectivity index (χ0v) is 8.32. The number of amides is 1. The molecule has 78 valence electrons. The Balaban J connectivity index is 2.39. The molecule has 1 saturated heterocycles. The smallest absolute Gasteiger partial charge is 0.229 e. The Morgan fingerprint density at radius 3 is 3.00 bits per heavy atom. The molecule has 0 bridgehead atoms. The summed E-state index contributed by atoms with van der Waals surface area (Å²) in [5.41, 5.74) is 6.75. The average molecular weight is 205 g/mol. The van der Waals surface area contributed by atoms with Gasteiger partial charge in [0.05, 0.1) is 5.69 Å². The molecule has 3 N–H and O–H groups in total. The molecule has 0 aliphatic carbocycles. The van der Waals surface area contributed by atoms with E-state index in [-0.39, 0.29) is 11.9 Å². The summed E-state index contributed by atoms with van der Waals surface area (Å²) in [6.07, 6.45) is 0.316. The second-order valence-electron chi connectivity index (χ2n) is 3.63. The van der Waals surface area contributed by atoms with Gasteiger partial charge in [-0.2, -0.15) is 10.4 Å². The molecule has 1 aliphatic heterocycles. The third kappa shape index (κ3) is 1.47. The van der Waals surface area contributed by atoms with Crippen molar-refractivity contribution in [1.82, 2.24) is 10.2 Å². The third-order valence-corrected chi connectivity index (χ3v) is 2.45. The van der Waals surface area contributed by atoms with Crippen LogP contribution in [-0.4, -0.2) is 28.7 Å². The van der Waals surface area contributed by atoms with Crippen LogP contribution in [0, 0.1) is 18.3 Å². The number of H-pyrrole nitrogens is 1. The molecule has 6 nitrogen and oxygen atoms in total. The maximum absolute atomic E-state index is 11.5. The van der Waals surface area contributed by atoms with Crippen LogP contribution in [0.3, 0.4) is 0 Å². The van der Waals surface area contributed by atoms with Crippen LogP contribution < -0.4 is 10.6 Å². The van der Waals surface area contributed by atoms with E-state index in [1.165, 1.54) is 4.90 Å². The molecule has 0 saturated carbocycles. The number of nitrogens with two attached hydrogens (primary N) is 1. The van der Waals surface area contributed by atoms with Crippen LogP contribution in [0.1, 0.15) is 17.7 Å². The van der Waals surface area contributed by atoms with Crippen molar-refractivity contribution in [2.45, 2.75) is 19.4 Å². The van der Waals surface area contributed by atoms with Crippen molar-refractivity contribution in [2.75, 3.05) is 11.4 Å². The van der Waals surface area contributed by atoms with Crippen molar-refractivity contribution in [3.05, 3.63) is 11.3 Å². The molecule has 1 atom stereocenters. The molecule has 1 aliphatic rings. The molecule has 15 heavy (non-hydrogen) atoms. The van der Waals surface area contributed by atoms with E-state index in [0.29, 0.717) is 30.0 Å². The van der Waals surface area contributed by atoms with Crippen LogP contribution in [0.4, 0.5) is 5.82 Å². The van der Waals surface area contributed by atoms with E-state index in [1.807, 2.05) is 6.07 Å². The van der Waals surface area contributed by atoms with Gasteiger partial charge in [-0.15, -0.1) is 0 Å². The number of hydrogen-bond acceptors (Lipinski definition) is 4. The van der Waals surface area contributed by atoms with Crippen molar-refractivity contribution < 1.29 is 4.79 Å². The molecule has 1 unspecified atom stereocenters. The molecule has 0 aromatic carbocycles. The lowest BCUT2D eigenvalue weighted by atomic mass is 10.2. The summed E-state index contributed by atoms with van der Waals surface area (Å²) in [4.78, 5) is 13.0. The SMILES string of the molecule is Cc1[nH]nc(N2CC(N)CC2=O)c1C#N. The molecule has 2 rings (SSSR count). The van der Waals surface area contributed by atoms with Crippen LogP contribution in [-0.2, 0) is 4.79 Å². The number of hydrogen-bond donors (Lipinski definition) is 2. The van der Waals surface area contributed by atoms with Crippen LogP contribution in [0.15, 0.2) is 0 Å². The van der Waals surface area contributed by atoms with E-state index in [4.69, 9.17) is 11.0 Å². The monoisotopic (exact) mass is 205 g/mol. The Bertz CT molecular complexity index is 444. The molecular weight excluding hydrogens is 194 g/mol. The van der Waals surface area contributed by atoms with Gasteiger partial charge in [0.2, 0.25) is 5.91 Å². The molecular formula is C9H11N5O. The van der Waals surface area contributed by atoms with Gasteiger partial charge < -0.3 is 5.73 Å². The lowest BCUT2D eigenvalue weighted by Crippen LogP contribution is -2.28. The normalized spacial score (nSPS) is 20.7. The van der Waals surface area contributed by atoms with Gasteiger partial charge in [0, 0.05) is 19.0 Å². The molecule has 1 fully saturated rings. The van der Waals surface area contributed by atoms with Crippen LogP contribution in [0.2, 0.25) is 0 Å². The largest absolute Gasteiger partial charge is 0.326 e. The lowest BCUT2D eigenvalue weighted by molar-refractivity contribution is -0.117. The van der Waals surface area contributed by atoms with E-state index in [9.17, 15) is 4.79 Å². The van der Waals surface area contributed by atoms with E-state index >= 15 is 0 Å². The Labute approximate surface area is 86.7 Å². The van der Waals surface area contributed by atoms with Crippen molar-refractivity contribution in [2.24, 2.45) is 5.73 Å². The second kappa shape index (κ2) is 3.37. The number of carbonyl (C=O) groups is 1. The highest BCUT2D eigenvalue weighted by atomic mass is 16.2. The number of anilines is 1. The fourth-order valence-electron chi connectivity index (χ4n) is 1.69.